The molecular formula is C23H14Cl3FN2O2. The molecule has 8 heteroatoms. The minimum absolute atomic E-state index is 0.0342. The van der Waals surface area contributed by atoms with Crippen molar-refractivity contribution in [2.24, 2.45) is 0 Å². The van der Waals surface area contributed by atoms with Crippen LogP contribution >= 0.6 is 34.8 Å². The van der Waals surface area contributed by atoms with E-state index in [1.54, 1.807) is 18.2 Å². The number of nitrogens with zero attached hydrogens (tertiary/aromatic N) is 1. The van der Waals surface area contributed by atoms with Gasteiger partial charge < -0.3 is 10.1 Å². The number of carbonyl (C=O) groups excluding carboxylic acids is 1. The Morgan fingerprint density at radius 3 is 2.32 bits per heavy atom. The van der Waals surface area contributed by atoms with E-state index < -0.39 is 11.7 Å². The molecule has 0 saturated carbocycles. The molecule has 0 atom stereocenters. The maximum atomic E-state index is 13.7. The van der Waals surface area contributed by atoms with Crippen LogP contribution in [0.5, 0.6) is 5.75 Å². The van der Waals surface area contributed by atoms with Crippen molar-refractivity contribution in [3.8, 4) is 11.8 Å². The number of halogens is 4. The van der Waals surface area contributed by atoms with Crippen LogP contribution < -0.4 is 10.1 Å². The number of ether oxygens (including phenoxy) is 1. The molecular weight excluding hydrogens is 462 g/mol. The lowest BCUT2D eigenvalue weighted by Crippen LogP contribution is -2.14. The fraction of sp³-hybridized carbons (Fsp3) is 0.0435. The van der Waals surface area contributed by atoms with Crippen molar-refractivity contribution < 1.29 is 13.9 Å². The van der Waals surface area contributed by atoms with Gasteiger partial charge in [-0.25, -0.2) is 4.39 Å². The maximum Gasteiger partial charge on any atom is 0.266 e. The molecule has 0 heterocycles. The molecule has 156 valence electrons. The van der Waals surface area contributed by atoms with Gasteiger partial charge in [0.25, 0.3) is 5.91 Å². The van der Waals surface area contributed by atoms with E-state index in [-0.39, 0.29) is 33.7 Å². The third-order valence-corrected chi connectivity index (χ3v) is 5.08. The number of amides is 1. The zero-order valence-corrected chi connectivity index (χ0v) is 18.1. The van der Waals surface area contributed by atoms with Gasteiger partial charge in [-0.15, -0.1) is 0 Å². The second-order valence-corrected chi connectivity index (χ2v) is 7.52. The van der Waals surface area contributed by atoms with Crippen molar-refractivity contribution >= 4 is 52.5 Å². The molecule has 0 aliphatic carbocycles. The van der Waals surface area contributed by atoms with Crippen LogP contribution in [0.2, 0.25) is 15.1 Å². The number of rotatable bonds is 6. The Morgan fingerprint density at radius 1 is 1.03 bits per heavy atom. The summed E-state index contributed by atoms with van der Waals surface area (Å²) in [7, 11) is 0. The molecule has 0 radical (unpaired) electrons. The molecule has 0 fully saturated rings. The quantitative estimate of drug-likeness (QED) is 0.311. The molecule has 0 bridgehead atoms. The fourth-order valence-corrected chi connectivity index (χ4v) is 3.44. The first-order valence-corrected chi connectivity index (χ1v) is 10.1. The van der Waals surface area contributed by atoms with Crippen LogP contribution in [0.1, 0.15) is 11.1 Å². The summed E-state index contributed by atoms with van der Waals surface area (Å²) in [6.45, 7) is 0.156. The Bertz CT molecular complexity index is 1180. The predicted octanol–water partition coefficient (Wildman–Crippen LogP) is 6.91. The molecule has 0 unspecified atom stereocenters. The van der Waals surface area contributed by atoms with E-state index in [1.165, 1.54) is 36.4 Å². The number of hydrogen-bond donors (Lipinski definition) is 1. The van der Waals surface area contributed by atoms with Gasteiger partial charge in [0.15, 0.2) is 5.75 Å². The highest BCUT2D eigenvalue weighted by Crippen LogP contribution is 2.36. The van der Waals surface area contributed by atoms with Crippen molar-refractivity contribution in [1.82, 2.24) is 0 Å². The molecule has 1 amide bonds. The number of nitriles is 1. The normalized spacial score (nSPS) is 11.0. The lowest BCUT2D eigenvalue weighted by atomic mass is 10.1. The molecule has 0 aromatic heterocycles. The van der Waals surface area contributed by atoms with Crippen molar-refractivity contribution in [2.45, 2.75) is 6.61 Å². The largest absolute Gasteiger partial charge is 0.486 e. The molecule has 3 aromatic carbocycles. The van der Waals surface area contributed by atoms with E-state index in [2.05, 4.69) is 5.32 Å². The van der Waals surface area contributed by atoms with Crippen LogP contribution in [0.3, 0.4) is 0 Å². The molecule has 31 heavy (non-hydrogen) atoms. The molecule has 0 aliphatic rings. The fourth-order valence-electron chi connectivity index (χ4n) is 2.63. The van der Waals surface area contributed by atoms with Crippen molar-refractivity contribution in [2.75, 3.05) is 5.32 Å². The van der Waals surface area contributed by atoms with E-state index in [1.807, 2.05) is 18.2 Å². The molecule has 1 N–H and O–H groups in total. The van der Waals surface area contributed by atoms with Crippen LogP contribution in [0.25, 0.3) is 6.08 Å². The van der Waals surface area contributed by atoms with Crippen molar-refractivity contribution in [3.05, 3.63) is 98.2 Å². The minimum Gasteiger partial charge on any atom is -0.486 e. The van der Waals surface area contributed by atoms with Crippen LogP contribution in [0, 0.1) is 17.1 Å². The van der Waals surface area contributed by atoms with Crippen LogP contribution in [-0.4, -0.2) is 5.91 Å². The van der Waals surface area contributed by atoms with Crippen molar-refractivity contribution in [1.29, 1.82) is 5.26 Å². The van der Waals surface area contributed by atoms with E-state index in [0.29, 0.717) is 10.6 Å². The van der Waals surface area contributed by atoms with Gasteiger partial charge in [-0.2, -0.15) is 5.26 Å². The number of benzene rings is 3. The van der Waals surface area contributed by atoms with Gasteiger partial charge in [0.2, 0.25) is 0 Å². The second-order valence-electron chi connectivity index (χ2n) is 6.30. The van der Waals surface area contributed by atoms with Gasteiger partial charge in [-0.3, -0.25) is 4.79 Å². The van der Waals surface area contributed by atoms with Gasteiger partial charge >= 0.3 is 0 Å². The number of para-hydroxylation sites is 1. The summed E-state index contributed by atoms with van der Waals surface area (Å²) in [4.78, 5) is 12.4. The second kappa shape index (κ2) is 10.3. The maximum absolute atomic E-state index is 13.7. The van der Waals surface area contributed by atoms with E-state index in [4.69, 9.17) is 39.5 Å². The van der Waals surface area contributed by atoms with Crippen LogP contribution in [0.4, 0.5) is 10.1 Å². The molecule has 3 rings (SSSR count). The van der Waals surface area contributed by atoms with Gasteiger partial charge in [0.1, 0.15) is 24.1 Å². The zero-order valence-electron chi connectivity index (χ0n) is 15.8. The molecule has 3 aromatic rings. The van der Waals surface area contributed by atoms with Crippen LogP contribution in [0.15, 0.2) is 66.2 Å². The first-order chi connectivity index (χ1) is 14.9. The molecule has 4 nitrogen and oxygen atoms in total. The van der Waals surface area contributed by atoms with Crippen molar-refractivity contribution in [3.63, 3.8) is 0 Å². The lowest BCUT2D eigenvalue weighted by molar-refractivity contribution is -0.112. The van der Waals surface area contributed by atoms with E-state index >= 15 is 0 Å². The average molecular weight is 476 g/mol. The number of anilines is 1. The highest BCUT2D eigenvalue weighted by Gasteiger charge is 2.14. The van der Waals surface area contributed by atoms with Gasteiger partial charge in [0, 0.05) is 10.6 Å². The predicted molar refractivity (Wildman–Crippen MR) is 121 cm³/mol. The van der Waals surface area contributed by atoms with Gasteiger partial charge in [-0.05, 0) is 42.0 Å². The van der Waals surface area contributed by atoms with Gasteiger partial charge in [-0.1, -0.05) is 65.1 Å². The summed E-state index contributed by atoms with van der Waals surface area (Å²) in [5.41, 5.74) is 0.880. The molecule has 0 saturated heterocycles. The molecule has 0 aliphatic heterocycles. The highest BCUT2D eigenvalue weighted by atomic mass is 35.5. The minimum atomic E-state index is -0.765. The van der Waals surface area contributed by atoms with Gasteiger partial charge in [0.05, 0.1) is 15.7 Å². The third-order valence-electron chi connectivity index (χ3n) is 4.15. The number of hydrogen-bond acceptors (Lipinski definition) is 3. The SMILES string of the molecule is N#C/C(=C/c1cc(Cl)c(OCc2ccccc2Cl)c(Cl)c1)C(=O)Nc1ccccc1F. The monoisotopic (exact) mass is 474 g/mol. The summed E-state index contributed by atoms with van der Waals surface area (Å²) >= 11 is 18.7. The van der Waals surface area contributed by atoms with E-state index in [9.17, 15) is 14.4 Å². The summed E-state index contributed by atoms with van der Waals surface area (Å²) in [6.07, 6.45) is 1.30. The van der Waals surface area contributed by atoms with Crippen LogP contribution in [-0.2, 0) is 11.4 Å². The first-order valence-electron chi connectivity index (χ1n) is 8.92. The Labute approximate surface area is 193 Å². The highest BCUT2D eigenvalue weighted by molar-refractivity contribution is 6.37. The number of carbonyl (C=O) groups is 1. The Balaban J connectivity index is 1.80. The zero-order chi connectivity index (χ0) is 22.4. The Morgan fingerprint density at radius 2 is 1.68 bits per heavy atom. The summed E-state index contributed by atoms with van der Waals surface area (Å²) in [5, 5.41) is 12.7. The lowest BCUT2D eigenvalue weighted by Gasteiger charge is -2.12. The Hall–Kier alpha value is -3.04. The van der Waals surface area contributed by atoms with E-state index in [0.717, 1.165) is 5.56 Å². The summed E-state index contributed by atoms with van der Waals surface area (Å²) in [5.74, 6) is -1.13. The Kier molecular flexibility index (Phi) is 7.54. The average Bonchev–Trinajstić information content (AvgIpc) is 2.74. The standard InChI is InChI=1S/C23H14Cl3FN2O2/c24-17-6-2-1-5-15(17)13-31-22-18(25)10-14(11-19(22)26)9-16(12-28)23(30)29-21-8-4-3-7-20(21)27/h1-11H,13H2,(H,29,30)/b16-9-. The summed E-state index contributed by atoms with van der Waals surface area (Å²) < 4.78 is 19.4. The summed E-state index contributed by atoms with van der Waals surface area (Å²) in [6, 6.07) is 17.6. The first kappa shape index (κ1) is 22.6. The topological polar surface area (TPSA) is 62.1 Å². The molecule has 0 spiro atoms. The third kappa shape index (κ3) is 5.77. The number of nitrogens with one attached hydrogen (secondary N) is 1. The smallest absolute Gasteiger partial charge is 0.266 e.